The van der Waals surface area contributed by atoms with E-state index in [1.165, 1.54) is 16.7 Å². The summed E-state index contributed by atoms with van der Waals surface area (Å²) in [4.78, 5) is 0. The van der Waals surface area contributed by atoms with Crippen molar-refractivity contribution in [1.29, 1.82) is 0 Å². The van der Waals surface area contributed by atoms with Gasteiger partial charge in [0.1, 0.15) is 0 Å². The number of aryl methyl sites for hydroxylation is 2. The van der Waals surface area contributed by atoms with Gasteiger partial charge in [-0.05, 0) is 37.5 Å². The molecule has 0 heterocycles. The minimum atomic E-state index is 0. The smallest absolute Gasteiger partial charge is 0.0392 e. The molecule has 0 aliphatic rings. The van der Waals surface area contributed by atoms with Crippen LogP contribution in [0.5, 0.6) is 0 Å². The highest BCUT2D eigenvalue weighted by Crippen LogP contribution is 2.09. The van der Waals surface area contributed by atoms with E-state index in [0.29, 0.717) is 0 Å². The lowest BCUT2D eigenvalue weighted by molar-refractivity contribution is 1.27. The van der Waals surface area contributed by atoms with E-state index in [9.17, 15) is 0 Å². The van der Waals surface area contributed by atoms with E-state index in [0.717, 1.165) is 0 Å². The lowest BCUT2D eigenvalue weighted by Gasteiger charge is -2.00. The predicted molar refractivity (Wildman–Crippen MR) is 47.9 cm³/mol. The molecule has 0 aliphatic heterocycles. The van der Waals surface area contributed by atoms with Gasteiger partial charge in [0, 0.05) is 0 Å². The van der Waals surface area contributed by atoms with Gasteiger partial charge in [-0.2, -0.15) is 0 Å². The summed E-state index contributed by atoms with van der Waals surface area (Å²) in [5.74, 6) is 0. The van der Waals surface area contributed by atoms with E-state index in [1.807, 2.05) is 0 Å². The molecule has 1 rings (SSSR count). The third-order valence-corrected chi connectivity index (χ3v) is 1.88. The van der Waals surface area contributed by atoms with Gasteiger partial charge in [-0.25, -0.2) is 0 Å². The van der Waals surface area contributed by atoms with Crippen LogP contribution in [0.3, 0.4) is 0 Å². The lowest BCUT2D eigenvalue weighted by Crippen LogP contribution is -1.82. The summed E-state index contributed by atoms with van der Waals surface area (Å²) < 4.78 is 0. The fourth-order valence-electron chi connectivity index (χ4n) is 0.898. The van der Waals surface area contributed by atoms with Crippen LogP contribution < -0.4 is 0 Å². The van der Waals surface area contributed by atoms with E-state index >= 15 is 0 Å². The molecule has 0 unspecified atom stereocenters. The molecule has 0 saturated carbocycles. The molecule has 0 fully saturated rings. The normalized spacial score (nSPS) is 8.70. The number of hydrogen-bond donors (Lipinski definition) is 0. The highest BCUT2D eigenvalue weighted by molar-refractivity contribution is 5.85. The van der Waals surface area contributed by atoms with Crippen molar-refractivity contribution < 1.29 is 0 Å². The maximum atomic E-state index is 2.16. The first-order chi connectivity index (χ1) is 4.22. The first-order valence-corrected chi connectivity index (χ1v) is 3.24. The van der Waals surface area contributed by atoms with Crippen molar-refractivity contribution >= 4 is 12.4 Å². The minimum absolute atomic E-state index is 0. The lowest BCUT2D eigenvalue weighted by atomic mass is 10.1. The second kappa shape index (κ2) is 3.62. The van der Waals surface area contributed by atoms with Crippen LogP contribution in [0.4, 0.5) is 0 Å². The van der Waals surface area contributed by atoms with Crippen molar-refractivity contribution in [2.75, 3.05) is 0 Å². The van der Waals surface area contributed by atoms with Crippen molar-refractivity contribution in [3.05, 3.63) is 34.9 Å². The zero-order valence-electron chi connectivity index (χ0n) is 6.64. The van der Waals surface area contributed by atoms with E-state index < -0.39 is 0 Å². The summed E-state index contributed by atoms with van der Waals surface area (Å²) in [6.07, 6.45) is 0. The van der Waals surface area contributed by atoms with E-state index in [4.69, 9.17) is 0 Å². The zero-order chi connectivity index (χ0) is 6.85. The van der Waals surface area contributed by atoms with Crippen LogP contribution >= 0.6 is 12.4 Å². The first kappa shape index (κ1) is 9.51. The number of hydrogen-bond acceptors (Lipinski definition) is 0. The van der Waals surface area contributed by atoms with Gasteiger partial charge in [0.25, 0.3) is 0 Å². The Bertz CT molecular complexity index is 196. The van der Waals surface area contributed by atoms with Gasteiger partial charge in [0.05, 0.1) is 0 Å². The summed E-state index contributed by atoms with van der Waals surface area (Å²) in [6, 6.07) is 6.38. The van der Waals surface area contributed by atoms with Gasteiger partial charge in [-0.3, -0.25) is 0 Å². The quantitative estimate of drug-likeness (QED) is 0.542. The van der Waals surface area contributed by atoms with Gasteiger partial charge >= 0.3 is 0 Å². The molecular formula is C9H13Cl. The molecule has 1 aromatic rings. The van der Waals surface area contributed by atoms with E-state index in [1.54, 1.807) is 0 Å². The number of rotatable bonds is 0. The van der Waals surface area contributed by atoms with Crippen molar-refractivity contribution in [3.8, 4) is 0 Å². The fourth-order valence-corrected chi connectivity index (χ4v) is 0.898. The highest BCUT2D eigenvalue weighted by atomic mass is 35.5. The van der Waals surface area contributed by atoms with Crippen LogP contribution in [0, 0.1) is 20.8 Å². The van der Waals surface area contributed by atoms with E-state index in [-0.39, 0.29) is 12.4 Å². The summed E-state index contributed by atoms with van der Waals surface area (Å²) in [7, 11) is 0. The van der Waals surface area contributed by atoms with Gasteiger partial charge in [0.2, 0.25) is 0 Å². The molecule has 0 N–H and O–H groups in total. The molecule has 0 nitrogen and oxygen atoms in total. The number of halogens is 1. The maximum Gasteiger partial charge on any atom is -0.0392 e. The van der Waals surface area contributed by atoms with Crippen molar-refractivity contribution in [1.82, 2.24) is 0 Å². The second-order valence-corrected chi connectivity index (χ2v) is 2.52. The van der Waals surface area contributed by atoms with Gasteiger partial charge in [-0.1, -0.05) is 18.2 Å². The number of benzene rings is 1. The van der Waals surface area contributed by atoms with Gasteiger partial charge in [0.15, 0.2) is 0 Å². The zero-order valence-corrected chi connectivity index (χ0v) is 7.46. The Balaban J connectivity index is 0.000000810. The highest BCUT2D eigenvalue weighted by Gasteiger charge is 1.91. The summed E-state index contributed by atoms with van der Waals surface area (Å²) >= 11 is 0. The van der Waals surface area contributed by atoms with E-state index in [2.05, 4.69) is 39.0 Å². The van der Waals surface area contributed by atoms with Gasteiger partial charge in [-0.15, -0.1) is 12.4 Å². The molecule has 0 aromatic heterocycles. The Kier molecular flexibility index (Phi) is 3.45. The molecule has 10 heavy (non-hydrogen) atoms. The van der Waals surface area contributed by atoms with Crippen LogP contribution in [-0.4, -0.2) is 0 Å². The summed E-state index contributed by atoms with van der Waals surface area (Å²) in [6.45, 7) is 6.44. The molecule has 0 aliphatic carbocycles. The monoisotopic (exact) mass is 156 g/mol. The summed E-state index contributed by atoms with van der Waals surface area (Å²) in [5.41, 5.74) is 4.18. The molecule has 0 bridgehead atoms. The SMILES string of the molecule is Cc1cccc(C)c1C.Cl. The summed E-state index contributed by atoms with van der Waals surface area (Å²) in [5, 5.41) is 0. The molecular weight excluding hydrogens is 144 g/mol. The third-order valence-electron chi connectivity index (χ3n) is 1.88. The predicted octanol–water partition coefficient (Wildman–Crippen LogP) is 3.03. The molecule has 1 aromatic carbocycles. The Morgan fingerprint density at radius 1 is 0.900 bits per heavy atom. The Labute approximate surface area is 68.7 Å². The Hall–Kier alpha value is -0.490. The average molecular weight is 157 g/mol. The third kappa shape index (κ3) is 1.74. The minimum Gasteiger partial charge on any atom is -0.147 e. The molecule has 0 saturated heterocycles. The molecule has 0 amide bonds. The molecule has 0 atom stereocenters. The molecule has 0 spiro atoms. The standard InChI is InChI=1S/C9H12.ClH/c1-7-5-4-6-8(2)9(7)3;/h4-6H,1-3H3;1H. The maximum absolute atomic E-state index is 2.16. The average Bonchev–Trinajstić information content (AvgIpc) is 1.83. The Morgan fingerprint density at radius 3 is 1.60 bits per heavy atom. The first-order valence-electron chi connectivity index (χ1n) is 3.24. The van der Waals surface area contributed by atoms with Crippen LogP contribution in [0.1, 0.15) is 16.7 Å². The van der Waals surface area contributed by atoms with Crippen LogP contribution in [0.2, 0.25) is 0 Å². The molecule has 0 radical (unpaired) electrons. The molecule has 1 heteroatoms. The van der Waals surface area contributed by atoms with Gasteiger partial charge < -0.3 is 0 Å². The van der Waals surface area contributed by atoms with Crippen molar-refractivity contribution in [3.63, 3.8) is 0 Å². The Morgan fingerprint density at radius 2 is 1.30 bits per heavy atom. The van der Waals surface area contributed by atoms with Crippen LogP contribution in [0.15, 0.2) is 18.2 Å². The fraction of sp³-hybridized carbons (Fsp3) is 0.333. The van der Waals surface area contributed by atoms with Crippen LogP contribution in [-0.2, 0) is 0 Å². The molecule has 56 valence electrons. The van der Waals surface area contributed by atoms with Crippen LogP contribution in [0.25, 0.3) is 0 Å². The topological polar surface area (TPSA) is 0 Å². The largest absolute Gasteiger partial charge is 0.147 e. The van der Waals surface area contributed by atoms with Crippen molar-refractivity contribution in [2.24, 2.45) is 0 Å². The van der Waals surface area contributed by atoms with Crippen molar-refractivity contribution in [2.45, 2.75) is 20.8 Å². The second-order valence-electron chi connectivity index (χ2n) is 2.52.